The lowest BCUT2D eigenvalue weighted by atomic mass is 9.70. The molecule has 5 atom stereocenters. The molecule has 1 saturated heterocycles. The minimum atomic E-state index is -1.32. The maximum atomic E-state index is 12.6. The van der Waals surface area contributed by atoms with Crippen molar-refractivity contribution in [1.82, 2.24) is 0 Å². The fourth-order valence-electron chi connectivity index (χ4n) is 3.46. The van der Waals surface area contributed by atoms with Crippen molar-refractivity contribution in [3.8, 4) is 0 Å². The number of hydrogen-bond acceptors (Lipinski definition) is 6. The zero-order valence-electron chi connectivity index (χ0n) is 13.5. The molecular formula is C16H16BrNO6S. The van der Waals surface area contributed by atoms with Gasteiger partial charge >= 0.3 is 5.97 Å². The highest BCUT2D eigenvalue weighted by molar-refractivity contribution is 9.10. The van der Waals surface area contributed by atoms with E-state index in [4.69, 9.17) is 4.74 Å². The molecule has 1 heterocycles. The Morgan fingerprint density at radius 2 is 1.96 bits per heavy atom. The first kappa shape index (κ1) is 18.2. The molecule has 1 aliphatic carbocycles. The van der Waals surface area contributed by atoms with Crippen LogP contribution in [-0.4, -0.2) is 35.7 Å². The van der Waals surface area contributed by atoms with E-state index in [9.17, 15) is 23.9 Å². The van der Waals surface area contributed by atoms with Gasteiger partial charge in [-0.2, -0.15) is 0 Å². The van der Waals surface area contributed by atoms with Gasteiger partial charge in [0.25, 0.3) is 5.69 Å². The Labute approximate surface area is 154 Å². The molecule has 1 aromatic carbocycles. The van der Waals surface area contributed by atoms with E-state index >= 15 is 0 Å². The van der Waals surface area contributed by atoms with Gasteiger partial charge in [-0.15, -0.1) is 0 Å². The van der Waals surface area contributed by atoms with Crippen LogP contribution in [0.15, 0.2) is 24.3 Å². The van der Waals surface area contributed by atoms with Crippen LogP contribution in [0.25, 0.3) is 0 Å². The number of ether oxygens (including phenoxy) is 1. The summed E-state index contributed by atoms with van der Waals surface area (Å²) in [5, 5.41) is 10.3. The third-order valence-electron chi connectivity index (χ3n) is 4.90. The van der Waals surface area contributed by atoms with Crippen LogP contribution < -0.4 is 0 Å². The summed E-state index contributed by atoms with van der Waals surface area (Å²) >= 11 is 3.25. The number of alkyl halides is 1. The van der Waals surface area contributed by atoms with Gasteiger partial charge in [0.05, 0.1) is 25.7 Å². The van der Waals surface area contributed by atoms with Crippen LogP contribution in [0.3, 0.4) is 0 Å². The predicted molar refractivity (Wildman–Crippen MR) is 93.6 cm³/mol. The van der Waals surface area contributed by atoms with E-state index in [0.29, 0.717) is 5.56 Å². The van der Waals surface area contributed by atoms with E-state index in [1.54, 1.807) is 13.8 Å². The molecule has 2 fully saturated rings. The van der Waals surface area contributed by atoms with Gasteiger partial charge in [0, 0.05) is 28.9 Å². The molecule has 9 heteroatoms. The van der Waals surface area contributed by atoms with E-state index in [-0.39, 0.29) is 23.3 Å². The van der Waals surface area contributed by atoms with E-state index in [0.717, 1.165) is 0 Å². The smallest absolute Gasteiger partial charge is 0.311 e. The molecule has 0 N–H and O–H groups in total. The van der Waals surface area contributed by atoms with Gasteiger partial charge in [-0.05, 0) is 31.5 Å². The number of non-ortho nitro benzene ring substituents is 1. The molecule has 0 amide bonds. The van der Waals surface area contributed by atoms with Gasteiger partial charge in [-0.1, -0.05) is 15.9 Å². The normalized spacial score (nSPS) is 32.6. The summed E-state index contributed by atoms with van der Waals surface area (Å²) in [6.07, 6.45) is 0. The Hall–Kier alpha value is -1.61. The van der Waals surface area contributed by atoms with Crippen molar-refractivity contribution < 1.29 is 23.5 Å². The average molecular weight is 430 g/mol. The molecule has 3 rings (SSSR count). The first-order valence-electron chi connectivity index (χ1n) is 7.64. The van der Waals surface area contributed by atoms with Crippen molar-refractivity contribution in [2.75, 3.05) is 0 Å². The molecule has 1 saturated carbocycles. The Morgan fingerprint density at radius 3 is 2.52 bits per heavy atom. The lowest BCUT2D eigenvalue weighted by molar-refractivity contribution is -0.384. The monoisotopic (exact) mass is 429 g/mol. The van der Waals surface area contributed by atoms with E-state index < -0.39 is 43.1 Å². The molecule has 7 nitrogen and oxygen atoms in total. The molecule has 1 aromatic rings. The first-order valence-corrected chi connectivity index (χ1v) is 9.77. The van der Waals surface area contributed by atoms with Crippen molar-refractivity contribution in [1.29, 1.82) is 0 Å². The van der Waals surface area contributed by atoms with Gasteiger partial charge in [0.15, 0.2) is 5.78 Å². The molecule has 0 spiro atoms. The number of rotatable bonds is 4. The standard InChI is InChI=1S/C16H16BrNO6S/c1-16(2)11(10-13(19)12(17)14(10)25(16)23)15(20)24-7-8-3-5-9(6-4-8)18(21)22/h3-6,10-12,14H,7H2,1-2H3/t10?,11-,12?,14?,25?/m0/s1. The van der Waals surface area contributed by atoms with Crippen LogP contribution in [0, 0.1) is 22.0 Å². The number of ketones is 1. The van der Waals surface area contributed by atoms with Crippen molar-refractivity contribution in [3.05, 3.63) is 39.9 Å². The highest BCUT2D eigenvalue weighted by Crippen LogP contribution is 2.53. The predicted octanol–water partition coefficient (Wildman–Crippen LogP) is 2.13. The van der Waals surface area contributed by atoms with Gasteiger partial charge in [0.2, 0.25) is 0 Å². The molecule has 4 unspecified atom stereocenters. The molecule has 0 bridgehead atoms. The summed E-state index contributed by atoms with van der Waals surface area (Å²) in [4.78, 5) is 34.3. The third kappa shape index (κ3) is 2.83. The second-order valence-electron chi connectivity index (χ2n) is 6.70. The number of carbonyl (C=O) groups excluding carboxylic acids is 2. The maximum absolute atomic E-state index is 12.6. The Balaban J connectivity index is 1.71. The minimum Gasteiger partial charge on any atom is -0.461 e. The van der Waals surface area contributed by atoms with Crippen LogP contribution in [0.2, 0.25) is 0 Å². The SMILES string of the molecule is CC1(C)[C@H](C(=O)OCc2ccc([N+](=O)[O-])cc2)C2C(=O)C(Br)C2S1=O. The number of nitro benzene ring substituents is 1. The number of nitro groups is 1. The first-order chi connectivity index (χ1) is 11.7. The van der Waals surface area contributed by atoms with Crippen LogP contribution in [-0.2, 0) is 31.7 Å². The highest BCUT2D eigenvalue weighted by Gasteiger charge is 2.69. The summed E-state index contributed by atoms with van der Waals surface area (Å²) in [7, 11) is -1.32. The zero-order chi connectivity index (χ0) is 18.5. The fourth-order valence-corrected chi connectivity index (χ4v) is 6.79. The van der Waals surface area contributed by atoms with Crippen molar-refractivity contribution in [2.24, 2.45) is 11.8 Å². The van der Waals surface area contributed by atoms with Crippen molar-refractivity contribution in [3.63, 3.8) is 0 Å². The summed E-state index contributed by atoms with van der Waals surface area (Å²) in [6.45, 7) is 3.37. The lowest BCUT2D eigenvalue weighted by Crippen LogP contribution is -2.54. The van der Waals surface area contributed by atoms with E-state index in [2.05, 4.69) is 15.9 Å². The number of fused-ring (bicyclic) bond motifs is 1. The van der Waals surface area contributed by atoms with Gasteiger partial charge < -0.3 is 4.74 Å². The Kier molecular flexibility index (Phi) is 4.57. The summed E-state index contributed by atoms with van der Waals surface area (Å²) in [6, 6.07) is 5.68. The topological polar surface area (TPSA) is 104 Å². The molecule has 25 heavy (non-hydrogen) atoms. The maximum Gasteiger partial charge on any atom is 0.311 e. The third-order valence-corrected chi connectivity index (χ3v) is 8.62. The zero-order valence-corrected chi connectivity index (χ0v) is 15.9. The van der Waals surface area contributed by atoms with Gasteiger partial charge in [-0.25, -0.2) is 0 Å². The number of carbonyl (C=O) groups is 2. The molecule has 2 aliphatic rings. The number of nitrogens with zero attached hydrogens (tertiary/aromatic N) is 1. The van der Waals surface area contributed by atoms with Gasteiger partial charge in [-0.3, -0.25) is 23.9 Å². The second kappa shape index (κ2) is 6.28. The lowest BCUT2D eigenvalue weighted by Gasteiger charge is -2.35. The number of esters is 1. The number of halogens is 1. The number of hydrogen-bond donors (Lipinski definition) is 0. The van der Waals surface area contributed by atoms with Gasteiger partial charge in [0.1, 0.15) is 6.61 Å². The number of benzene rings is 1. The minimum absolute atomic E-state index is 0.0475. The molecule has 0 aromatic heterocycles. The second-order valence-corrected chi connectivity index (χ2v) is 9.88. The molecule has 0 radical (unpaired) electrons. The van der Waals surface area contributed by atoms with Crippen LogP contribution in [0.5, 0.6) is 0 Å². The quantitative estimate of drug-likeness (QED) is 0.314. The summed E-state index contributed by atoms with van der Waals surface area (Å²) in [5.74, 6) is -2.00. The average Bonchev–Trinajstić information content (AvgIpc) is 2.77. The van der Waals surface area contributed by atoms with Crippen molar-refractivity contribution in [2.45, 2.75) is 35.3 Å². The van der Waals surface area contributed by atoms with E-state index in [1.807, 2.05) is 0 Å². The Bertz CT molecular complexity index is 777. The molecule has 1 aliphatic heterocycles. The molecule has 134 valence electrons. The van der Waals surface area contributed by atoms with Crippen LogP contribution >= 0.6 is 15.9 Å². The summed E-state index contributed by atoms with van der Waals surface area (Å²) in [5.41, 5.74) is 0.555. The highest BCUT2D eigenvalue weighted by atomic mass is 79.9. The van der Waals surface area contributed by atoms with Crippen LogP contribution in [0.4, 0.5) is 5.69 Å². The van der Waals surface area contributed by atoms with Crippen LogP contribution in [0.1, 0.15) is 19.4 Å². The fraction of sp³-hybridized carbons (Fsp3) is 0.500. The largest absolute Gasteiger partial charge is 0.461 e. The molecular weight excluding hydrogens is 414 g/mol. The van der Waals surface area contributed by atoms with E-state index in [1.165, 1.54) is 24.3 Å². The van der Waals surface area contributed by atoms with Crippen molar-refractivity contribution >= 4 is 44.2 Å². The Morgan fingerprint density at radius 1 is 1.36 bits per heavy atom. The number of Topliss-reactive ketones (excluding diaryl/α,β-unsaturated/α-hetero) is 1. The summed E-state index contributed by atoms with van der Waals surface area (Å²) < 4.78 is 17.1.